The summed E-state index contributed by atoms with van der Waals surface area (Å²) in [6.07, 6.45) is -1.43. The number of carboxylic acid groups (broad SMARTS) is 4. The average molecular weight is 346 g/mol. The Morgan fingerprint density at radius 1 is 0.895 bits per heavy atom. The minimum atomic E-state index is -1.79. The van der Waals surface area contributed by atoms with E-state index in [1.807, 2.05) is 0 Å². The maximum Gasteiger partial charge on any atom is 0.333 e. The number of hydrogen-bond acceptors (Lipinski definition) is 5. The van der Waals surface area contributed by atoms with E-state index in [-0.39, 0.29) is 36.8 Å². The summed E-state index contributed by atoms with van der Waals surface area (Å²) in [6.45, 7) is 0. The van der Waals surface area contributed by atoms with Crippen LogP contribution in [0.2, 0.25) is 0 Å². The van der Waals surface area contributed by atoms with E-state index in [0.717, 1.165) is 0 Å². The maximum absolute atomic E-state index is 9.72. The fourth-order valence-corrected chi connectivity index (χ4v) is 0.395. The Bertz CT molecular complexity index is 325. The van der Waals surface area contributed by atoms with Gasteiger partial charge in [-0.25, -0.2) is 14.4 Å². The predicted octanol–water partition coefficient (Wildman–Crippen LogP) is -2.57. The van der Waals surface area contributed by atoms with E-state index in [9.17, 15) is 19.2 Å². The van der Waals surface area contributed by atoms with Crippen LogP contribution in [0.15, 0.2) is 12.2 Å². The van der Waals surface area contributed by atoms with E-state index >= 15 is 0 Å². The number of aliphatic hydroxyl groups is 1. The molecule has 0 amide bonds. The van der Waals surface area contributed by atoms with Crippen LogP contribution >= 0.6 is 0 Å². The Hall–Kier alpha value is -1.26. The molecule has 11 heteroatoms. The van der Waals surface area contributed by atoms with Crippen LogP contribution in [0.3, 0.4) is 0 Å². The van der Waals surface area contributed by atoms with Gasteiger partial charge in [-0.05, 0) is 0 Å². The van der Waals surface area contributed by atoms with Gasteiger partial charge in [0.2, 0.25) is 0 Å². The second-order valence-corrected chi connectivity index (χ2v) is 2.46. The number of carbonyl (C=O) groups is 4. The smallest absolute Gasteiger partial charge is 0.333 e. The van der Waals surface area contributed by atoms with Crippen LogP contribution in [0, 0.1) is 0 Å². The van der Waals surface area contributed by atoms with Gasteiger partial charge in [-0.15, -0.1) is 0 Å². The van der Waals surface area contributed by atoms with Crippen LogP contribution in [0.5, 0.6) is 0 Å². The van der Waals surface area contributed by atoms with Gasteiger partial charge in [0.15, 0.2) is 23.5 Å². The van der Waals surface area contributed by atoms with E-state index in [2.05, 4.69) is 0 Å². The zero-order chi connectivity index (χ0) is 14.0. The minimum Gasteiger partial charge on any atom is -0.481 e. The Morgan fingerprint density at radius 2 is 1.21 bits per heavy atom. The maximum atomic E-state index is 9.72. The third-order valence-corrected chi connectivity index (χ3v) is 1.02. The normalized spacial score (nSPS) is 9.95. The van der Waals surface area contributed by atoms with Crippen molar-refractivity contribution in [1.29, 1.82) is 0 Å². The standard InChI is InChI=1S/C4H6O5.C4H4O4.Al.Zn.3H/c5-2(4(8)9)1-3(6)7;5-3(6)1-2-4(7)8;;;;;/h2,5H,1H2,(H,6,7)(H,8,9);1-2H,(H,5,6)(H,7,8);;;;;/b;2-1-;;;;;. The van der Waals surface area contributed by atoms with Gasteiger partial charge in [-0.2, -0.15) is 0 Å². The van der Waals surface area contributed by atoms with E-state index in [4.69, 9.17) is 25.5 Å². The van der Waals surface area contributed by atoms with Crippen molar-refractivity contribution in [3.8, 4) is 0 Å². The molecular formula is C8H13AlO9Zn. The van der Waals surface area contributed by atoms with Crippen LogP contribution in [0.4, 0.5) is 0 Å². The molecule has 0 rings (SSSR count). The van der Waals surface area contributed by atoms with Crippen LogP contribution in [-0.4, -0.2) is 72.9 Å². The third kappa shape index (κ3) is 26.4. The molecule has 104 valence electrons. The van der Waals surface area contributed by atoms with Crippen molar-refractivity contribution in [1.82, 2.24) is 0 Å². The first kappa shape index (κ1) is 26.3. The van der Waals surface area contributed by atoms with E-state index in [1.54, 1.807) is 0 Å². The fraction of sp³-hybridized carbons (Fsp3) is 0.250. The van der Waals surface area contributed by atoms with E-state index in [1.165, 1.54) is 0 Å². The summed E-state index contributed by atoms with van der Waals surface area (Å²) in [5, 5.41) is 39.8. The number of hydrogen-bond donors (Lipinski definition) is 5. The SMILES string of the molecule is O=C(O)/C=C\C(=O)O.O=C(O)CC(O)C(=O)O.[AlH3].[Zn]. The summed E-state index contributed by atoms with van der Waals surface area (Å²) in [5.41, 5.74) is 0. The second kappa shape index (κ2) is 14.8. The summed E-state index contributed by atoms with van der Waals surface area (Å²) >= 11 is 0. The molecule has 0 aromatic carbocycles. The molecule has 0 heterocycles. The van der Waals surface area contributed by atoms with Crippen LogP contribution < -0.4 is 0 Å². The van der Waals surface area contributed by atoms with Crippen LogP contribution in [-0.2, 0) is 38.7 Å². The molecule has 5 N–H and O–H groups in total. The van der Waals surface area contributed by atoms with Crippen molar-refractivity contribution in [2.24, 2.45) is 0 Å². The van der Waals surface area contributed by atoms with Gasteiger partial charge in [0.1, 0.15) is 0 Å². The largest absolute Gasteiger partial charge is 0.481 e. The monoisotopic (exact) mass is 344 g/mol. The Kier molecular flexibility index (Phi) is 20.5. The molecule has 9 nitrogen and oxygen atoms in total. The molecule has 0 aromatic heterocycles. The molecule has 0 radical (unpaired) electrons. The first-order valence-corrected chi connectivity index (χ1v) is 3.93. The molecule has 0 bridgehead atoms. The van der Waals surface area contributed by atoms with E-state index < -0.39 is 36.4 Å². The van der Waals surface area contributed by atoms with Crippen molar-refractivity contribution < 1.29 is 64.2 Å². The quantitative estimate of drug-likeness (QED) is 0.265. The van der Waals surface area contributed by atoms with Crippen molar-refractivity contribution in [3.05, 3.63) is 12.2 Å². The number of aliphatic hydroxyl groups excluding tert-OH is 1. The zero-order valence-electron chi connectivity index (χ0n) is 9.02. The first-order chi connectivity index (χ1) is 7.66. The topological polar surface area (TPSA) is 169 Å². The molecule has 1 atom stereocenters. The average Bonchev–Trinajstić information content (AvgIpc) is 2.14. The second-order valence-electron chi connectivity index (χ2n) is 2.46. The summed E-state index contributed by atoms with van der Waals surface area (Å²) in [7, 11) is 0. The van der Waals surface area contributed by atoms with Gasteiger partial charge in [-0.1, -0.05) is 0 Å². The van der Waals surface area contributed by atoms with Gasteiger partial charge in [-0.3, -0.25) is 4.79 Å². The molecule has 19 heavy (non-hydrogen) atoms. The number of rotatable bonds is 5. The van der Waals surface area contributed by atoms with Crippen LogP contribution in [0.25, 0.3) is 0 Å². The van der Waals surface area contributed by atoms with Gasteiger partial charge in [0.05, 0.1) is 6.42 Å². The first-order valence-electron chi connectivity index (χ1n) is 3.93. The molecule has 0 aliphatic heterocycles. The minimum absolute atomic E-state index is 0. The number of aliphatic carboxylic acids is 4. The summed E-state index contributed by atoms with van der Waals surface area (Å²) < 4.78 is 0. The van der Waals surface area contributed by atoms with Gasteiger partial charge >= 0.3 is 23.9 Å². The summed E-state index contributed by atoms with van der Waals surface area (Å²) in [5.74, 6) is -5.36. The van der Waals surface area contributed by atoms with E-state index in [0.29, 0.717) is 12.2 Å². The number of carboxylic acids is 4. The molecular weight excluding hydrogens is 332 g/mol. The molecule has 0 fully saturated rings. The van der Waals surface area contributed by atoms with Gasteiger partial charge in [0, 0.05) is 31.6 Å². The molecule has 0 aromatic rings. The molecule has 0 aliphatic rings. The third-order valence-electron chi connectivity index (χ3n) is 1.02. The fourth-order valence-electron chi connectivity index (χ4n) is 0.395. The molecule has 0 saturated heterocycles. The van der Waals surface area contributed by atoms with Gasteiger partial charge < -0.3 is 25.5 Å². The molecule has 0 spiro atoms. The Labute approximate surface area is 130 Å². The zero-order valence-corrected chi connectivity index (χ0v) is 12.0. The van der Waals surface area contributed by atoms with Crippen molar-refractivity contribution in [3.63, 3.8) is 0 Å². The predicted molar refractivity (Wildman–Crippen MR) is 60.2 cm³/mol. The van der Waals surface area contributed by atoms with Gasteiger partial charge in [0.25, 0.3) is 0 Å². The Balaban J connectivity index is -0.000000108. The summed E-state index contributed by atoms with van der Waals surface area (Å²) in [4.78, 5) is 38.5. The summed E-state index contributed by atoms with van der Waals surface area (Å²) in [6, 6.07) is 0. The van der Waals surface area contributed by atoms with Crippen LogP contribution in [0.1, 0.15) is 6.42 Å². The van der Waals surface area contributed by atoms with Crippen molar-refractivity contribution in [2.75, 3.05) is 0 Å². The Morgan fingerprint density at radius 3 is 1.32 bits per heavy atom. The van der Waals surface area contributed by atoms with Crippen molar-refractivity contribution in [2.45, 2.75) is 12.5 Å². The molecule has 0 aliphatic carbocycles. The molecule has 0 saturated carbocycles. The molecule has 1 unspecified atom stereocenters. The van der Waals surface area contributed by atoms with Crippen molar-refractivity contribution >= 4 is 41.2 Å².